The monoisotopic (exact) mass is 841 g/mol. The molecule has 0 saturated carbocycles. The molecule has 0 aromatic rings. The number of nitrogens with two attached hydrogens (primary N) is 2. The highest BCUT2D eigenvalue weighted by Gasteiger charge is 2.37. The van der Waals surface area contributed by atoms with Crippen molar-refractivity contribution in [2.24, 2.45) is 29.2 Å². The molecule has 1 aliphatic rings. The summed E-state index contributed by atoms with van der Waals surface area (Å²) < 4.78 is 0. The number of aliphatic hydroxyl groups is 1. The fourth-order valence-electron chi connectivity index (χ4n) is 6.09. The molecule has 0 spiro atoms. The Morgan fingerprint density at radius 2 is 1.31 bits per heavy atom. The van der Waals surface area contributed by atoms with Crippen molar-refractivity contribution in [1.29, 1.82) is 0 Å². The van der Waals surface area contributed by atoms with Gasteiger partial charge in [0.05, 0.1) is 25.2 Å². The van der Waals surface area contributed by atoms with E-state index >= 15 is 0 Å². The summed E-state index contributed by atoms with van der Waals surface area (Å²) in [5, 5.41) is 37.0. The molecule has 0 aromatic heterocycles. The summed E-state index contributed by atoms with van der Waals surface area (Å²) in [5.74, 6) is -7.79. The largest absolute Gasteiger partial charge is 0.480 e. The molecule has 1 rings (SSSR count). The van der Waals surface area contributed by atoms with Crippen LogP contribution < -0.4 is 48.7 Å². The summed E-state index contributed by atoms with van der Waals surface area (Å²) in [7, 11) is 0. The number of nitrogens with one attached hydrogen (secondary N) is 7. The Morgan fingerprint density at radius 1 is 0.712 bits per heavy atom. The number of carbonyl (C=O) groups is 9. The maximum atomic E-state index is 13.5. The molecule has 0 unspecified atom stereocenters. The molecule has 0 aromatic carbocycles. The Bertz CT molecular complexity index is 1480. The van der Waals surface area contributed by atoms with Crippen LogP contribution >= 0.6 is 0 Å². The Hall–Kier alpha value is -4.89. The standard InChI is InChI=1S/C38H68N10O11/c1-9-21(6)30(38(58)59)46-37(57)31(23(8)49)47-32(52)22(7)43-26(50)17-41-33(53)24(13-10-11-15-39)44-34(54)25-14-12-16-48(25)27(51)18-42-36(56)29(20(4)5)45-35(55)28(40)19(2)3/h19-25,28-31,49H,9-18,39-40H2,1-8H3,(H,41,53)(H,42,56)(H,43,50)(H,44,54)(H,45,55)(H,46,57)(H,47,52)(H,58,59)/t21-,22-,23+,24-,25-,28-,29-,30-,31-/m0/s1. The predicted octanol–water partition coefficient (Wildman–Crippen LogP) is -3.07. The van der Waals surface area contributed by atoms with E-state index in [0.29, 0.717) is 38.6 Å². The number of rotatable bonds is 25. The Labute approximate surface area is 346 Å². The van der Waals surface area contributed by atoms with Crippen LogP contribution in [0.1, 0.15) is 93.9 Å². The molecule has 8 amide bonds. The van der Waals surface area contributed by atoms with Crippen molar-refractivity contribution in [3.8, 4) is 0 Å². The summed E-state index contributed by atoms with van der Waals surface area (Å²) in [4.78, 5) is 117. The van der Waals surface area contributed by atoms with Gasteiger partial charge in [-0.2, -0.15) is 0 Å². The van der Waals surface area contributed by atoms with Gasteiger partial charge in [0.1, 0.15) is 36.3 Å². The summed E-state index contributed by atoms with van der Waals surface area (Å²) >= 11 is 0. The molecule has 1 aliphatic heterocycles. The van der Waals surface area contributed by atoms with E-state index in [4.69, 9.17) is 11.5 Å². The number of unbranched alkanes of at least 4 members (excludes halogenated alkanes) is 1. The lowest BCUT2D eigenvalue weighted by Gasteiger charge is -2.28. The van der Waals surface area contributed by atoms with E-state index in [2.05, 4.69) is 37.2 Å². The molecule has 0 bridgehead atoms. The highest BCUT2D eigenvalue weighted by molar-refractivity contribution is 5.97. The lowest BCUT2D eigenvalue weighted by molar-refractivity contribution is -0.144. The molecular formula is C38H68N10O11. The van der Waals surface area contributed by atoms with Gasteiger partial charge in [0.15, 0.2) is 0 Å². The number of carbonyl (C=O) groups excluding carboxylic acids is 8. The molecule has 1 saturated heterocycles. The second-order valence-corrected chi connectivity index (χ2v) is 15.8. The normalized spacial score (nSPS) is 17.9. The SMILES string of the molecule is CC[C@H](C)[C@H](NC(=O)[C@@H](NC(=O)[C@H](C)NC(=O)CNC(=O)[C@H](CCCCN)NC(=O)[C@@H]1CCCN1C(=O)CNC(=O)[C@@H](NC(=O)[C@@H](N)C(C)C)C(C)C)[C@@H](C)O)C(=O)O. The lowest BCUT2D eigenvalue weighted by atomic mass is 9.98. The van der Waals surface area contributed by atoms with Gasteiger partial charge < -0.3 is 63.8 Å². The second kappa shape index (κ2) is 25.6. The van der Waals surface area contributed by atoms with Crippen LogP contribution in [-0.4, -0.2) is 143 Å². The van der Waals surface area contributed by atoms with Crippen molar-refractivity contribution in [3.05, 3.63) is 0 Å². The van der Waals surface area contributed by atoms with Gasteiger partial charge in [-0.3, -0.25) is 38.4 Å². The zero-order valence-electron chi connectivity index (χ0n) is 35.6. The van der Waals surface area contributed by atoms with Gasteiger partial charge >= 0.3 is 5.97 Å². The maximum absolute atomic E-state index is 13.5. The third-order valence-corrected chi connectivity index (χ3v) is 10.2. The number of hydrogen-bond donors (Lipinski definition) is 11. The molecular weight excluding hydrogens is 772 g/mol. The predicted molar refractivity (Wildman–Crippen MR) is 215 cm³/mol. The number of aliphatic hydroxyl groups excluding tert-OH is 1. The summed E-state index contributed by atoms with van der Waals surface area (Å²) in [6.07, 6.45) is 0.903. The molecule has 21 heteroatoms. The molecule has 13 N–H and O–H groups in total. The first-order valence-corrected chi connectivity index (χ1v) is 20.3. The maximum Gasteiger partial charge on any atom is 0.326 e. The van der Waals surface area contributed by atoms with Crippen molar-refractivity contribution in [1.82, 2.24) is 42.1 Å². The Kier molecular flexibility index (Phi) is 22.6. The molecule has 1 fully saturated rings. The third kappa shape index (κ3) is 17.1. The van der Waals surface area contributed by atoms with Gasteiger partial charge in [0.25, 0.3) is 0 Å². The minimum atomic E-state index is -1.54. The summed E-state index contributed by atoms with van der Waals surface area (Å²) in [5.41, 5.74) is 11.5. The number of likely N-dealkylation sites (tertiary alicyclic amines) is 1. The van der Waals surface area contributed by atoms with Crippen LogP contribution in [0.4, 0.5) is 0 Å². The molecule has 1 heterocycles. The van der Waals surface area contributed by atoms with Crippen LogP contribution in [0.5, 0.6) is 0 Å². The topological polar surface area (TPSA) is 334 Å². The summed E-state index contributed by atoms with van der Waals surface area (Å²) in [6, 6.07) is -7.92. The first-order chi connectivity index (χ1) is 27.6. The van der Waals surface area contributed by atoms with E-state index in [-0.39, 0.29) is 24.8 Å². The fraction of sp³-hybridized carbons (Fsp3) is 0.763. The van der Waals surface area contributed by atoms with Crippen molar-refractivity contribution < 1.29 is 53.4 Å². The van der Waals surface area contributed by atoms with E-state index in [1.807, 2.05) is 0 Å². The zero-order valence-corrected chi connectivity index (χ0v) is 35.6. The van der Waals surface area contributed by atoms with Crippen LogP contribution in [0.3, 0.4) is 0 Å². The van der Waals surface area contributed by atoms with E-state index in [0.717, 1.165) is 0 Å². The number of hydrogen-bond acceptors (Lipinski definition) is 12. The molecule has 21 nitrogen and oxygen atoms in total. The van der Waals surface area contributed by atoms with Crippen LogP contribution in [0.2, 0.25) is 0 Å². The highest BCUT2D eigenvalue weighted by Crippen LogP contribution is 2.18. The fourth-order valence-corrected chi connectivity index (χ4v) is 6.09. The number of aliphatic carboxylic acids is 1. The van der Waals surface area contributed by atoms with Gasteiger partial charge in [-0.1, -0.05) is 48.0 Å². The van der Waals surface area contributed by atoms with Crippen molar-refractivity contribution in [2.45, 2.75) is 142 Å². The number of nitrogens with zero attached hydrogens (tertiary/aromatic N) is 1. The zero-order chi connectivity index (χ0) is 45.1. The highest BCUT2D eigenvalue weighted by atomic mass is 16.4. The first-order valence-electron chi connectivity index (χ1n) is 20.3. The minimum Gasteiger partial charge on any atom is -0.480 e. The minimum absolute atomic E-state index is 0.150. The molecule has 336 valence electrons. The number of amides is 8. The van der Waals surface area contributed by atoms with Crippen molar-refractivity contribution in [2.75, 3.05) is 26.2 Å². The van der Waals surface area contributed by atoms with E-state index < -0.39 is 121 Å². The van der Waals surface area contributed by atoms with E-state index in [9.17, 15) is 53.4 Å². The van der Waals surface area contributed by atoms with Crippen LogP contribution in [-0.2, 0) is 43.2 Å². The van der Waals surface area contributed by atoms with Gasteiger partial charge in [-0.05, 0) is 70.3 Å². The van der Waals surface area contributed by atoms with Gasteiger partial charge in [0, 0.05) is 6.54 Å². The molecule has 0 aliphatic carbocycles. The van der Waals surface area contributed by atoms with Crippen LogP contribution in [0, 0.1) is 17.8 Å². The number of carboxylic acid groups (broad SMARTS) is 1. The Balaban J connectivity index is 2.88. The van der Waals surface area contributed by atoms with E-state index in [1.165, 1.54) is 18.7 Å². The smallest absolute Gasteiger partial charge is 0.326 e. The van der Waals surface area contributed by atoms with Gasteiger partial charge in [0.2, 0.25) is 47.3 Å². The average molecular weight is 841 g/mol. The number of carboxylic acids is 1. The lowest BCUT2D eigenvalue weighted by Crippen LogP contribution is -2.59. The average Bonchev–Trinajstić information content (AvgIpc) is 3.68. The summed E-state index contributed by atoms with van der Waals surface area (Å²) in [6.45, 7) is 12.4. The Morgan fingerprint density at radius 3 is 1.85 bits per heavy atom. The van der Waals surface area contributed by atoms with Gasteiger partial charge in [-0.15, -0.1) is 0 Å². The molecule has 9 atom stereocenters. The second-order valence-electron chi connectivity index (χ2n) is 15.8. The van der Waals surface area contributed by atoms with Crippen LogP contribution in [0.15, 0.2) is 0 Å². The van der Waals surface area contributed by atoms with Crippen LogP contribution in [0.25, 0.3) is 0 Å². The van der Waals surface area contributed by atoms with Crippen molar-refractivity contribution in [3.63, 3.8) is 0 Å². The van der Waals surface area contributed by atoms with Crippen molar-refractivity contribution >= 4 is 53.2 Å². The third-order valence-electron chi connectivity index (χ3n) is 10.2. The molecule has 59 heavy (non-hydrogen) atoms. The van der Waals surface area contributed by atoms with E-state index in [1.54, 1.807) is 41.5 Å². The molecule has 0 radical (unpaired) electrons. The van der Waals surface area contributed by atoms with Gasteiger partial charge in [-0.25, -0.2) is 4.79 Å². The first kappa shape index (κ1) is 52.1. The quantitative estimate of drug-likeness (QED) is 0.0407.